The van der Waals surface area contributed by atoms with Gasteiger partial charge in [0.05, 0.1) is 6.26 Å². The fourth-order valence-corrected chi connectivity index (χ4v) is 2.43. The van der Waals surface area contributed by atoms with Crippen LogP contribution in [0.5, 0.6) is 0 Å². The van der Waals surface area contributed by atoms with Crippen molar-refractivity contribution < 1.29 is 13.7 Å². The Morgan fingerprint density at radius 3 is 2.89 bits per heavy atom. The van der Waals surface area contributed by atoms with Crippen molar-refractivity contribution in [3.05, 3.63) is 24.0 Å². The molecule has 100 valence electrons. The normalized spacial score (nSPS) is 15.8. The number of rotatable bonds is 3. The minimum atomic E-state index is -0.253. The van der Waals surface area contributed by atoms with Crippen molar-refractivity contribution in [2.45, 2.75) is 31.7 Å². The van der Waals surface area contributed by atoms with Crippen LogP contribution < -0.4 is 11.1 Å². The average molecular weight is 261 g/mol. The van der Waals surface area contributed by atoms with Crippen LogP contribution in [0.25, 0.3) is 11.5 Å². The number of carbonyl (C=O) groups is 1. The number of nitrogens with one attached hydrogen (secondary N) is 1. The monoisotopic (exact) mass is 261 g/mol. The summed E-state index contributed by atoms with van der Waals surface area (Å²) in [5, 5.41) is 6.76. The largest absolute Gasteiger partial charge is 0.463 e. The van der Waals surface area contributed by atoms with Crippen molar-refractivity contribution in [1.82, 2.24) is 10.5 Å². The Hall–Kier alpha value is -2.24. The minimum absolute atomic E-state index is 0.0156. The van der Waals surface area contributed by atoms with Gasteiger partial charge in [0, 0.05) is 6.04 Å². The zero-order valence-corrected chi connectivity index (χ0v) is 10.4. The first-order valence-corrected chi connectivity index (χ1v) is 6.35. The summed E-state index contributed by atoms with van der Waals surface area (Å²) in [5.74, 6) is 0.232. The van der Waals surface area contributed by atoms with Crippen LogP contribution in [-0.2, 0) is 0 Å². The van der Waals surface area contributed by atoms with Crippen LogP contribution >= 0.6 is 0 Å². The van der Waals surface area contributed by atoms with E-state index in [0.717, 1.165) is 25.7 Å². The zero-order valence-electron chi connectivity index (χ0n) is 10.4. The molecular weight excluding hydrogens is 246 g/mol. The van der Waals surface area contributed by atoms with Crippen molar-refractivity contribution in [3.63, 3.8) is 0 Å². The highest BCUT2D eigenvalue weighted by atomic mass is 16.5. The van der Waals surface area contributed by atoms with Crippen LogP contribution in [0.4, 0.5) is 5.88 Å². The summed E-state index contributed by atoms with van der Waals surface area (Å²) in [6, 6.07) is 3.65. The van der Waals surface area contributed by atoms with E-state index >= 15 is 0 Å². The van der Waals surface area contributed by atoms with E-state index in [2.05, 4.69) is 10.5 Å². The topological polar surface area (TPSA) is 94.3 Å². The van der Waals surface area contributed by atoms with E-state index in [1.165, 1.54) is 6.26 Å². The molecule has 0 radical (unpaired) electrons. The number of carbonyl (C=O) groups excluding carboxylic acids is 1. The van der Waals surface area contributed by atoms with Gasteiger partial charge in [0.2, 0.25) is 5.88 Å². The zero-order chi connectivity index (χ0) is 13.2. The fourth-order valence-electron chi connectivity index (χ4n) is 2.43. The Bertz CT molecular complexity index is 568. The molecule has 19 heavy (non-hydrogen) atoms. The van der Waals surface area contributed by atoms with E-state index in [0.29, 0.717) is 11.5 Å². The highest BCUT2D eigenvalue weighted by Gasteiger charge is 2.26. The molecule has 3 rings (SSSR count). The Morgan fingerprint density at radius 1 is 1.42 bits per heavy atom. The number of amides is 1. The molecule has 1 saturated carbocycles. The van der Waals surface area contributed by atoms with Gasteiger partial charge in [0.15, 0.2) is 11.5 Å². The lowest BCUT2D eigenvalue weighted by molar-refractivity contribution is 0.0939. The van der Waals surface area contributed by atoms with E-state index in [1.807, 2.05) is 0 Å². The van der Waals surface area contributed by atoms with E-state index in [9.17, 15) is 4.79 Å². The minimum Gasteiger partial charge on any atom is -0.463 e. The summed E-state index contributed by atoms with van der Waals surface area (Å²) in [7, 11) is 0. The maximum Gasteiger partial charge on any atom is 0.259 e. The second kappa shape index (κ2) is 4.79. The van der Waals surface area contributed by atoms with Gasteiger partial charge in [-0.05, 0) is 25.0 Å². The Labute approximate surface area is 109 Å². The third-order valence-corrected chi connectivity index (χ3v) is 3.39. The van der Waals surface area contributed by atoms with E-state index < -0.39 is 0 Å². The molecule has 0 aromatic carbocycles. The Balaban J connectivity index is 1.87. The summed E-state index contributed by atoms with van der Waals surface area (Å²) in [6.45, 7) is 0. The molecule has 0 bridgehead atoms. The first-order valence-electron chi connectivity index (χ1n) is 6.35. The molecule has 1 aliphatic carbocycles. The van der Waals surface area contributed by atoms with Gasteiger partial charge in [-0.2, -0.15) is 0 Å². The molecular formula is C13H15N3O3. The standard InChI is InChI=1S/C13H15N3O3/c14-12-10(13(17)15-8-4-1-2-5-8)11(16-19-12)9-6-3-7-18-9/h3,6-8H,1-2,4-5,14H2,(H,15,17). The van der Waals surface area contributed by atoms with Crippen molar-refractivity contribution in [3.8, 4) is 11.5 Å². The molecule has 1 aliphatic rings. The van der Waals surface area contributed by atoms with Crippen LogP contribution in [-0.4, -0.2) is 17.1 Å². The van der Waals surface area contributed by atoms with Gasteiger partial charge >= 0.3 is 0 Å². The molecule has 0 saturated heterocycles. The van der Waals surface area contributed by atoms with E-state index in [4.69, 9.17) is 14.7 Å². The van der Waals surface area contributed by atoms with Crippen molar-refractivity contribution in [1.29, 1.82) is 0 Å². The summed E-state index contributed by atoms with van der Waals surface area (Å²) < 4.78 is 10.1. The Kier molecular flexibility index (Phi) is 2.98. The summed E-state index contributed by atoms with van der Waals surface area (Å²) >= 11 is 0. The number of hydrogen-bond acceptors (Lipinski definition) is 5. The molecule has 2 aromatic rings. The molecule has 0 spiro atoms. The predicted octanol–water partition coefficient (Wildman–Crippen LogP) is 2.19. The maximum absolute atomic E-state index is 12.3. The number of nitrogens with two attached hydrogens (primary N) is 1. The summed E-state index contributed by atoms with van der Waals surface area (Å²) in [5.41, 5.74) is 6.29. The van der Waals surface area contributed by atoms with Gasteiger partial charge < -0.3 is 20.0 Å². The molecule has 0 unspecified atom stereocenters. The van der Waals surface area contributed by atoms with Crippen molar-refractivity contribution >= 4 is 11.8 Å². The number of nitrogen functional groups attached to an aromatic ring is 1. The highest BCUT2D eigenvalue weighted by Crippen LogP contribution is 2.28. The van der Waals surface area contributed by atoms with Crippen LogP contribution in [0.2, 0.25) is 0 Å². The predicted molar refractivity (Wildman–Crippen MR) is 68.3 cm³/mol. The molecule has 1 amide bonds. The average Bonchev–Trinajstić information content (AvgIpc) is 3.07. The summed E-state index contributed by atoms with van der Waals surface area (Å²) in [6.07, 6.45) is 5.82. The quantitative estimate of drug-likeness (QED) is 0.883. The second-order valence-corrected chi connectivity index (χ2v) is 4.70. The SMILES string of the molecule is Nc1onc(-c2ccco2)c1C(=O)NC1CCCC1. The molecule has 0 atom stereocenters. The summed E-state index contributed by atoms with van der Waals surface area (Å²) in [4.78, 5) is 12.3. The van der Waals surface area contributed by atoms with Crippen LogP contribution in [0, 0.1) is 0 Å². The van der Waals surface area contributed by atoms with Gasteiger partial charge in [-0.3, -0.25) is 4.79 Å². The van der Waals surface area contributed by atoms with Gasteiger partial charge in [-0.15, -0.1) is 0 Å². The van der Waals surface area contributed by atoms with Gasteiger partial charge in [0.1, 0.15) is 5.56 Å². The lowest BCUT2D eigenvalue weighted by Crippen LogP contribution is -2.33. The number of furan rings is 1. The molecule has 6 heteroatoms. The van der Waals surface area contributed by atoms with Gasteiger partial charge in [-0.25, -0.2) is 0 Å². The third kappa shape index (κ3) is 2.21. The lowest BCUT2D eigenvalue weighted by Gasteiger charge is -2.11. The fraction of sp³-hybridized carbons (Fsp3) is 0.385. The number of hydrogen-bond donors (Lipinski definition) is 2. The van der Waals surface area contributed by atoms with Crippen molar-refractivity contribution in [2.24, 2.45) is 0 Å². The maximum atomic E-state index is 12.3. The smallest absolute Gasteiger partial charge is 0.259 e. The highest BCUT2D eigenvalue weighted by molar-refractivity contribution is 6.03. The first-order chi connectivity index (χ1) is 9.25. The first kappa shape index (κ1) is 11.8. The number of nitrogens with zero attached hydrogens (tertiary/aromatic N) is 1. The van der Waals surface area contributed by atoms with Crippen LogP contribution in [0.3, 0.4) is 0 Å². The molecule has 3 N–H and O–H groups in total. The Morgan fingerprint density at radius 2 is 2.21 bits per heavy atom. The second-order valence-electron chi connectivity index (χ2n) is 4.70. The van der Waals surface area contributed by atoms with Gasteiger partial charge in [-0.1, -0.05) is 18.0 Å². The van der Waals surface area contributed by atoms with Crippen LogP contribution in [0.15, 0.2) is 27.3 Å². The lowest BCUT2D eigenvalue weighted by atomic mass is 10.1. The van der Waals surface area contributed by atoms with Crippen molar-refractivity contribution in [2.75, 3.05) is 5.73 Å². The molecule has 2 aromatic heterocycles. The molecule has 2 heterocycles. The van der Waals surface area contributed by atoms with Crippen LogP contribution in [0.1, 0.15) is 36.0 Å². The number of anilines is 1. The number of aromatic nitrogens is 1. The molecule has 6 nitrogen and oxygen atoms in total. The van der Waals surface area contributed by atoms with E-state index in [-0.39, 0.29) is 23.4 Å². The molecule has 1 fully saturated rings. The third-order valence-electron chi connectivity index (χ3n) is 3.39. The molecule has 0 aliphatic heterocycles. The van der Waals surface area contributed by atoms with Gasteiger partial charge in [0.25, 0.3) is 5.91 Å². The van der Waals surface area contributed by atoms with E-state index in [1.54, 1.807) is 12.1 Å².